The molecule has 0 aliphatic rings. The summed E-state index contributed by atoms with van der Waals surface area (Å²) in [7, 11) is 0. The van der Waals surface area contributed by atoms with Crippen LogP contribution in [-0.4, -0.2) is 13.1 Å². The molecule has 0 saturated carbocycles. The zero-order valence-corrected chi connectivity index (χ0v) is 7.84. The molecule has 0 bridgehead atoms. The molecular formula is C10H18O2. The van der Waals surface area contributed by atoms with E-state index in [1.807, 2.05) is 0 Å². The van der Waals surface area contributed by atoms with Crippen molar-refractivity contribution in [2.45, 2.75) is 39.0 Å². The average Bonchev–Trinajstić information content (AvgIpc) is 2.02. The van der Waals surface area contributed by atoms with E-state index < -0.39 is 0 Å². The van der Waals surface area contributed by atoms with Crippen LogP contribution in [-0.2, 0) is 9.53 Å². The second kappa shape index (κ2) is 8.31. The molecule has 70 valence electrons. The fraction of sp³-hybridized carbons (Fsp3) is 0.700. The standard InChI is InChI=1S/C10H18O2/c1-10(2)7-5-3-4-6-8-12-9-11/h9H,1,3-8H2,2H3. The van der Waals surface area contributed by atoms with Crippen molar-refractivity contribution in [3.8, 4) is 0 Å². The first-order valence-corrected chi connectivity index (χ1v) is 4.47. The highest BCUT2D eigenvalue weighted by Gasteiger charge is 1.90. The molecule has 0 aliphatic heterocycles. The lowest BCUT2D eigenvalue weighted by molar-refractivity contribution is -0.128. The normalized spacial score (nSPS) is 9.42. The summed E-state index contributed by atoms with van der Waals surface area (Å²) < 4.78 is 4.56. The topological polar surface area (TPSA) is 26.3 Å². The summed E-state index contributed by atoms with van der Waals surface area (Å²) in [6.45, 7) is 6.96. The van der Waals surface area contributed by atoms with E-state index >= 15 is 0 Å². The van der Waals surface area contributed by atoms with Crippen LogP contribution in [0.5, 0.6) is 0 Å². The van der Waals surface area contributed by atoms with E-state index in [9.17, 15) is 4.79 Å². The van der Waals surface area contributed by atoms with Gasteiger partial charge in [0.25, 0.3) is 6.47 Å². The molecule has 0 aromatic rings. The highest BCUT2D eigenvalue weighted by molar-refractivity contribution is 5.36. The molecule has 0 unspecified atom stereocenters. The third kappa shape index (κ3) is 9.21. The van der Waals surface area contributed by atoms with Gasteiger partial charge in [0.15, 0.2) is 0 Å². The van der Waals surface area contributed by atoms with E-state index in [-0.39, 0.29) is 0 Å². The highest BCUT2D eigenvalue weighted by Crippen LogP contribution is 2.07. The summed E-state index contributed by atoms with van der Waals surface area (Å²) in [6, 6.07) is 0. The Hall–Kier alpha value is -0.790. The zero-order chi connectivity index (χ0) is 9.23. The van der Waals surface area contributed by atoms with E-state index in [1.165, 1.54) is 18.4 Å². The van der Waals surface area contributed by atoms with Crippen LogP contribution in [0.4, 0.5) is 0 Å². The summed E-state index contributed by atoms with van der Waals surface area (Å²) in [6.07, 6.45) is 5.65. The van der Waals surface area contributed by atoms with Crippen molar-refractivity contribution in [3.63, 3.8) is 0 Å². The van der Waals surface area contributed by atoms with E-state index in [4.69, 9.17) is 0 Å². The molecule has 2 heteroatoms. The van der Waals surface area contributed by atoms with Crippen molar-refractivity contribution in [2.75, 3.05) is 6.61 Å². The number of ether oxygens (including phenoxy) is 1. The van der Waals surface area contributed by atoms with Crippen molar-refractivity contribution >= 4 is 6.47 Å². The molecule has 0 radical (unpaired) electrons. The van der Waals surface area contributed by atoms with Gasteiger partial charge in [-0.1, -0.05) is 18.4 Å². The van der Waals surface area contributed by atoms with Gasteiger partial charge in [0.2, 0.25) is 0 Å². The molecule has 0 heterocycles. The maximum absolute atomic E-state index is 9.75. The van der Waals surface area contributed by atoms with Gasteiger partial charge in [-0.05, 0) is 26.2 Å². The Bertz CT molecular complexity index is 130. The summed E-state index contributed by atoms with van der Waals surface area (Å²) in [5.74, 6) is 0. The van der Waals surface area contributed by atoms with Crippen molar-refractivity contribution in [1.82, 2.24) is 0 Å². The number of rotatable bonds is 8. The van der Waals surface area contributed by atoms with Gasteiger partial charge in [0.05, 0.1) is 6.61 Å². The third-order valence-corrected chi connectivity index (χ3v) is 1.68. The maximum atomic E-state index is 9.75. The third-order valence-electron chi connectivity index (χ3n) is 1.68. The predicted molar refractivity (Wildman–Crippen MR) is 49.9 cm³/mol. The van der Waals surface area contributed by atoms with E-state index in [0.717, 1.165) is 19.3 Å². The van der Waals surface area contributed by atoms with Gasteiger partial charge in [-0.2, -0.15) is 0 Å². The maximum Gasteiger partial charge on any atom is 0.293 e. The van der Waals surface area contributed by atoms with Crippen molar-refractivity contribution in [3.05, 3.63) is 12.2 Å². The van der Waals surface area contributed by atoms with Crippen LogP contribution in [0.1, 0.15) is 39.0 Å². The van der Waals surface area contributed by atoms with Crippen molar-refractivity contribution < 1.29 is 9.53 Å². The van der Waals surface area contributed by atoms with Gasteiger partial charge < -0.3 is 4.74 Å². The molecule has 12 heavy (non-hydrogen) atoms. The molecule has 0 fully saturated rings. The number of unbranched alkanes of at least 4 members (excludes halogenated alkanes) is 3. The number of carbonyl (C=O) groups excluding carboxylic acids is 1. The Morgan fingerprint density at radius 2 is 2.00 bits per heavy atom. The minimum absolute atomic E-state index is 0.508. The Morgan fingerprint density at radius 1 is 1.33 bits per heavy atom. The van der Waals surface area contributed by atoms with E-state index in [1.54, 1.807) is 0 Å². The number of hydrogen-bond donors (Lipinski definition) is 0. The van der Waals surface area contributed by atoms with Crippen LogP contribution >= 0.6 is 0 Å². The first kappa shape index (κ1) is 11.2. The van der Waals surface area contributed by atoms with Crippen molar-refractivity contribution in [2.24, 2.45) is 0 Å². The summed E-state index contributed by atoms with van der Waals surface area (Å²) in [5, 5.41) is 0. The van der Waals surface area contributed by atoms with Gasteiger partial charge in [0, 0.05) is 0 Å². The Kier molecular flexibility index (Phi) is 7.76. The van der Waals surface area contributed by atoms with Crippen LogP contribution < -0.4 is 0 Å². The molecule has 0 atom stereocenters. The second-order valence-corrected chi connectivity index (χ2v) is 3.09. The zero-order valence-electron chi connectivity index (χ0n) is 7.84. The summed E-state index contributed by atoms with van der Waals surface area (Å²) in [5.41, 5.74) is 1.25. The first-order valence-electron chi connectivity index (χ1n) is 4.47. The quantitative estimate of drug-likeness (QED) is 0.318. The molecule has 0 aromatic heterocycles. The molecule has 0 aliphatic carbocycles. The Balaban J connectivity index is 2.90. The number of allylic oxidation sites excluding steroid dienone is 1. The number of hydrogen-bond acceptors (Lipinski definition) is 2. The summed E-state index contributed by atoms with van der Waals surface area (Å²) >= 11 is 0. The molecule has 0 amide bonds. The van der Waals surface area contributed by atoms with Gasteiger partial charge in [0.1, 0.15) is 0 Å². The highest BCUT2D eigenvalue weighted by atomic mass is 16.5. The molecule has 0 N–H and O–H groups in total. The Morgan fingerprint density at radius 3 is 2.58 bits per heavy atom. The van der Waals surface area contributed by atoms with E-state index in [0.29, 0.717) is 13.1 Å². The van der Waals surface area contributed by atoms with Gasteiger partial charge >= 0.3 is 0 Å². The smallest absolute Gasteiger partial charge is 0.293 e. The molecule has 2 nitrogen and oxygen atoms in total. The fourth-order valence-electron chi connectivity index (χ4n) is 1.01. The van der Waals surface area contributed by atoms with Gasteiger partial charge in [-0.25, -0.2) is 0 Å². The van der Waals surface area contributed by atoms with Gasteiger partial charge in [-0.15, -0.1) is 6.58 Å². The number of carbonyl (C=O) groups is 1. The van der Waals surface area contributed by atoms with Crippen LogP contribution in [0.25, 0.3) is 0 Å². The largest absolute Gasteiger partial charge is 0.468 e. The van der Waals surface area contributed by atoms with Crippen LogP contribution in [0.3, 0.4) is 0 Å². The fourth-order valence-corrected chi connectivity index (χ4v) is 1.01. The summed E-state index contributed by atoms with van der Waals surface area (Å²) in [4.78, 5) is 9.75. The van der Waals surface area contributed by atoms with Crippen LogP contribution in [0, 0.1) is 0 Å². The molecule has 0 saturated heterocycles. The molecular weight excluding hydrogens is 152 g/mol. The minimum atomic E-state index is 0.508. The second-order valence-electron chi connectivity index (χ2n) is 3.09. The van der Waals surface area contributed by atoms with Gasteiger partial charge in [-0.3, -0.25) is 4.79 Å². The van der Waals surface area contributed by atoms with E-state index in [2.05, 4.69) is 18.2 Å². The average molecular weight is 170 g/mol. The Labute approximate surface area is 74.6 Å². The lowest BCUT2D eigenvalue weighted by Gasteiger charge is -2.00. The molecule has 0 spiro atoms. The first-order chi connectivity index (χ1) is 5.77. The SMILES string of the molecule is C=C(C)CCCCCCOC=O. The lowest BCUT2D eigenvalue weighted by Crippen LogP contribution is -1.91. The monoisotopic (exact) mass is 170 g/mol. The molecule has 0 aromatic carbocycles. The van der Waals surface area contributed by atoms with Crippen LogP contribution in [0.15, 0.2) is 12.2 Å². The predicted octanol–water partition coefficient (Wildman–Crippen LogP) is 2.69. The van der Waals surface area contributed by atoms with Crippen molar-refractivity contribution in [1.29, 1.82) is 0 Å². The minimum Gasteiger partial charge on any atom is -0.468 e. The van der Waals surface area contributed by atoms with Crippen LogP contribution in [0.2, 0.25) is 0 Å². The molecule has 0 rings (SSSR count). The lowest BCUT2D eigenvalue weighted by atomic mass is 10.1.